The van der Waals surface area contributed by atoms with Crippen molar-refractivity contribution in [2.24, 2.45) is 5.73 Å². The molecule has 0 radical (unpaired) electrons. The van der Waals surface area contributed by atoms with E-state index in [-0.39, 0.29) is 17.7 Å². The minimum absolute atomic E-state index is 0.0392. The van der Waals surface area contributed by atoms with Crippen LogP contribution in [0, 0.1) is 23.0 Å². The van der Waals surface area contributed by atoms with Crippen molar-refractivity contribution >= 4 is 0 Å². The lowest BCUT2D eigenvalue weighted by Crippen LogP contribution is -2.09. The third-order valence-electron chi connectivity index (χ3n) is 3.04. The van der Waals surface area contributed by atoms with Gasteiger partial charge in [0.05, 0.1) is 5.56 Å². The van der Waals surface area contributed by atoms with E-state index in [0.717, 1.165) is 0 Å². The Morgan fingerprint density at radius 1 is 1.29 bits per heavy atom. The number of halogens is 2. The molecular weight excluding hydrogens is 274 g/mol. The first kappa shape index (κ1) is 14.9. The van der Waals surface area contributed by atoms with Crippen LogP contribution >= 0.6 is 0 Å². The van der Waals surface area contributed by atoms with E-state index < -0.39 is 17.7 Å². The highest BCUT2D eigenvalue weighted by molar-refractivity contribution is 5.38. The zero-order valence-corrected chi connectivity index (χ0v) is 11.4. The van der Waals surface area contributed by atoms with Gasteiger partial charge in [0.1, 0.15) is 30.1 Å². The van der Waals surface area contributed by atoms with Crippen LogP contribution in [0.25, 0.3) is 0 Å². The van der Waals surface area contributed by atoms with Crippen LogP contribution in [0.2, 0.25) is 0 Å². The molecular formula is C16H14F2N2O. The highest BCUT2D eigenvalue weighted by Gasteiger charge is 2.12. The predicted molar refractivity (Wildman–Crippen MR) is 74.4 cm³/mol. The Morgan fingerprint density at radius 2 is 2.05 bits per heavy atom. The fraction of sp³-hybridized carbons (Fsp3) is 0.188. The molecule has 1 atom stereocenters. The number of hydrogen-bond donors (Lipinski definition) is 1. The van der Waals surface area contributed by atoms with Crippen molar-refractivity contribution in [2.45, 2.75) is 19.6 Å². The molecule has 1 unspecified atom stereocenters. The van der Waals surface area contributed by atoms with Crippen molar-refractivity contribution in [1.82, 2.24) is 0 Å². The first-order chi connectivity index (χ1) is 10.0. The van der Waals surface area contributed by atoms with Gasteiger partial charge in [-0.05, 0) is 31.2 Å². The van der Waals surface area contributed by atoms with E-state index in [1.165, 1.54) is 30.3 Å². The van der Waals surface area contributed by atoms with E-state index in [0.29, 0.717) is 11.3 Å². The summed E-state index contributed by atoms with van der Waals surface area (Å²) in [6.45, 7) is 1.64. The zero-order valence-electron chi connectivity index (χ0n) is 11.4. The molecule has 0 amide bonds. The van der Waals surface area contributed by atoms with Crippen LogP contribution < -0.4 is 10.5 Å². The fourth-order valence-corrected chi connectivity index (χ4v) is 1.94. The summed E-state index contributed by atoms with van der Waals surface area (Å²) >= 11 is 0. The summed E-state index contributed by atoms with van der Waals surface area (Å²) in [5.74, 6) is -0.620. The fourth-order valence-electron chi connectivity index (χ4n) is 1.94. The standard InChI is InChI=1S/C16H14F2N2O/c1-10(20)14-7-13(17)5-6-15(14)21-9-12-4-2-3-11(8-19)16(12)18/h2-7,10H,9,20H2,1H3. The van der Waals surface area contributed by atoms with Crippen molar-refractivity contribution in [3.05, 3.63) is 64.7 Å². The molecule has 2 aromatic rings. The lowest BCUT2D eigenvalue weighted by molar-refractivity contribution is 0.294. The average Bonchev–Trinajstić information content (AvgIpc) is 2.47. The maximum Gasteiger partial charge on any atom is 0.147 e. The van der Waals surface area contributed by atoms with Gasteiger partial charge in [-0.15, -0.1) is 0 Å². The van der Waals surface area contributed by atoms with Crippen LogP contribution in [0.3, 0.4) is 0 Å². The molecule has 0 aliphatic carbocycles. The number of nitriles is 1. The Kier molecular flexibility index (Phi) is 4.51. The Morgan fingerprint density at radius 3 is 2.71 bits per heavy atom. The second kappa shape index (κ2) is 6.33. The number of benzene rings is 2. The molecule has 0 spiro atoms. The maximum absolute atomic E-state index is 13.9. The van der Waals surface area contributed by atoms with E-state index >= 15 is 0 Å². The summed E-state index contributed by atoms with van der Waals surface area (Å²) in [6, 6.07) is 9.87. The topological polar surface area (TPSA) is 59.0 Å². The highest BCUT2D eigenvalue weighted by atomic mass is 19.1. The van der Waals surface area contributed by atoms with Crippen molar-refractivity contribution in [3.63, 3.8) is 0 Å². The molecule has 108 valence electrons. The molecule has 2 aromatic carbocycles. The summed E-state index contributed by atoms with van der Waals surface area (Å²) in [6.07, 6.45) is 0. The van der Waals surface area contributed by atoms with Crippen LogP contribution in [0.15, 0.2) is 36.4 Å². The largest absolute Gasteiger partial charge is 0.488 e. The van der Waals surface area contributed by atoms with E-state index in [4.69, 9.17) is 15.7 Å². The second-order valence-corrected chi connectivity index (χ2v) is 4.65. The molecule has 21 heavy (non-hydrogen) atoms. The van der Waals surface area contributed by atoms with Gasteiger partial charge in [-0.25, -0.2) is 8.78 Å². The Hall–Kier alpha value is -2.45. The van der Waals surface area contributed by atoms with Gasteiger partial charge >= 0.3 is 0 Å². The molecule has 0 saturated heterocycles. The quantitative estimate of drug-likeness (QED) is 0.937. The van der Waals surface area contributed by atoms with Gasteiger partial charge in [0, 0.05) is 17.2 Å². The minimum atomic E-state index is -0.607. The monoisotopic (exact) mass is 288 g/mol. The molecule has 3 nitrogen and oxygen atoms in total. The van der Waals surface area contributed by atoms with E-state index in [9.17, 15) is 8.78 Å². The molecule has 0 fully saturated rings. The molecule has 2 rings (SSSR count). The molecule has 0 aromatic heterocycles. The summed E-state index contributed by atoms with van der Waals surface area (Å²) in [4.78, 5) is 0. The predicted octanol–water partition coefficient (Wildman–Crippen LogP) is 3.44. The minimum Gasteiger partial charge on any atom is -0.488 e. The zero-order chi connectivity index (χ0) is 15.4. The number of nitrogens with zero attached hydrogens (tertiary/aromatic N) is 1. The van der Waals surface area contributed by atoms with Crippen LogP contribution in [0.1, 0.15) is 29.7 Å². The van der Waals surface area contributed by atoms with Gasteiger partial charge in [0.15, 0.2) is 0 Å². The number of hydrogen-bond acceptors (Lipinski definition) is 3. The molecule has 0 heterocycles. The van der Waals surface area contributed by atoms with Crippen molar-refractivity contribution in [1.29, 1.82) is 5.26 Å². The highest BCUT2D eigenvalue weighted by Crippen LogP contribution is 2.26. The van der Waals surface area contributed by atoms with Crippen molar-refractivity contribution < 1.29 is 13.5 Å². The summed E-state index contributed by atoms with van der Waals surface area (Å²) in [7, 11) is 0. The summed E-state index contributed by atoms with van der Waals surface area (Å²) in [5, 5.41) is 8.79. The first-order valence-electron chi connectivity index (χ1n) is 6.38. The van der Waals surface area contributed by atoms with Gasteiger partial charge in [-0.1, -0.05) is 12.1 Å². The van der Waals surface area contributed by atoms with Crippen molar-refractivity contribution in [2.75, 3.05) is 0 Å². The molecule has 0 bridgehead atoms. The number of nitrogens with two attached hydrogens (primary N) is 1. The molecule has 2 N–H and O–H groups in total. The lowest BCUT2D eigenvalue weighted by atomic mass is 10.1. The Bertz CT molecular complexity index is 693. The average molecular weight is 288 g/mol. The van der Waals surface area contributed by atoms with Gasteiger partial charge in [-0.3, -0.25) is 0 Å². The molecule has 0 aliphatic heterocycles. The molecule has 0 saturated carbocycles. The van der Waals surface area contributed by atoms with Crippen LogP contribution in [0.5, 0.6) is 5.75 Å². The van der Waals surface area contributed by atoms with Gasteiger partial charge < -0.3 is 10.5 Å². The third kappa shape index (κ3) is 3.36. The SMILES string of the molecule is CC(N)c1cc(F)ccc1OCc1cccc(C#N)c1F. The smallest absolute Gasteiger partial charge is 0.147 e. The van der Waals surface area contributed by atoms with Crippen LogP contribution in [-0.4, -0.2) is 0 Å². The van der Waals surface area contributed by atoms with Crippen LogP contribution in [0.4, 0.5) is 8.78 Å². The van der Waals surface area contributed by atoms with E-state index in [1.807, 2.05) is 0 Å². The number of rotatable bonds is 4. The summed E-state index contributed by atoms with van der Waals surface area (Å²) in [5.41, 5.74) is 6.49. The molecule has 0 aliphatic rings. The van der Waals surface area contributed by atoms with Gasteiger partial charge in [0.25, 0.3) is 0 Å². The van der Waals surface area contributed by atoms with Gasteiger partial charge in [0.2, 0.25) is 0 Å². The second-order valence-electron chi connectivity index (χ2n) is 4.65. The lowest BCUT2D eigenvalue weighted by Gasteiger charge is -2.14. The Balaban J connectivity index is 2.23. The molecule has 5 heteroatoms. The normalized spacial score (nSPS) is 11.8. The van der Waals surface area contributed by atoms with Crippen molar-refractivity contribution in [3.8, 4) is 11.8 Å². The first-order valence-corrected chi connectivity index (χ1v) is 6.38. The maximum atomic E-state index is 13.9. The van der Waals surface area contributed by atoms with Gasteiger partial charge in [-0.2, -0.15) is 5.26 Å². The third-order valence-corrected chi connectivity index (χ3v) is 3.04. The summed E-state index contributed by atoms with van der Waals surface area (Å²) < 4.78 is 32.7. The Labute approximate surface area is 121 Å². The van der Waals surface area contributed by atoms with E-state index in [2.05, 4.69) is 0 Å². The van der Waals surface area contributed by atoms with E-state index in [1.54, 1.807) is 19.1 Å². The number of ether oxygens (including phenoxy) is 1. The van der Waals surface area contributed by atoms with Crippen LogP contribution in [-0.2, 0) is 6.61 Å².